The quantitative estimate of drug-likeness (QED) is 0.270. The molecule has 0 aromatic heterocycles. The van der Waals surface area contributed by atoms with Crippen LogP contribution in [0.15, 0.2) is 18.2 Å². The molecule has 0 radical (unpaired) electrons. The second kappa shape index (κ2) is 5.12. The minimum absolute atomic E-state index is 0.231. The Bertz CT molecular complexity index is 355. The predicted molar refractivity (Wildman–Crippen MR) is 54.8 cm³/mol. The van der Waals surface area contributed by atoms with Crippen LogP contribution in [0.2, 0.25) is 0 Å². The van der Waals surface area contributed by atoms with Crippen LogP contribution >= 0.6 is 0 Å². The summed E-state index contributed by atoms with van der Waals surface area (Å²) >= 11 is 0. The molecule has 0 amide bonds. The van der Waals surface area contributed by atoms with Crippen LogP contribution in [0.1, 0.15) is 10.4 Å². The van der Waals surface area contributed by atoms with Crippen molar-refractivity contribution < 1.29 is 9.63 Å². The third kappa shape index (κ3) is 2.54. The van der Waals surface area contributed by atoms with Gasteiger partial charge in [0.25, 0.3) is 0 Å². The van der Waals surface area contributed by atoms with Crippen LogP contribution in [-0.4, -0.2) is 5.97 Å². The molecule has 0 heterocycles. The zero-order valence-corrected chi connectivity index (χ0v) is 7.78. The lowest BCUT2D eigenvalue weighted by molar-refractivity contribution is 0.0255. The average molecular weight is 212 g/mol. The zero-order chi connectivity index (χ0) is 11.3. The van der Waals surface area contributed by atoms with Gasteiger partial charge in [0.1, 0.15) is 0 Å². The van der Waals surface area contributed by atoms with Crippen LogP contribution in [0.3, 0.4) is 0 Å². The highest BCUT2D eigenvalue weighted by atomic mass is 16.7. The highest BCUT2D eigenvalue weighted by molar-refractivity contribution is 5.96. The number of benzene rings is 1. The topological polar surface area (TPSA) is 140 Å². The van der Waals surface area contributed by atoms with Gasteiger partial charge in [0.05, 0.1) is 16.9 Å². The Balaban J connectivity index is 3.02. The van der Waals surface area contributed by atoms with Crippen molar-refractivity contribution in [3.8, 4) is 0 Å². The van der Waals surface area contributed by atoms with Gasteiger partial charge in [-0.25, -0.2) is 10.6 Å². The minimum atomic E-state index is -0.658. The van der Waals surface area contributed by atoms with Gasteiger partial charge >= 0.3 is 5.97 Å². The van der Waals surface area contributed by atoms with Crippen LogP contribution in [0, 0.1) is 0 Å². The fourth-order valence-electron chi connectivity index (χ4n) is 1.04. The lowest BCUT2D eigenvalue weighted by Gasteiger charge is -2.09. The third-order valence-electron chi connectivity index (χ3n) is 1.71. The monoisotopic (exact) mass is 212 g/mol. The molecule has 0 aliphatic rings. The Kier molecular flexibility index (Phi) is 3.83. The Morgan fingerprint density at radius 2 is 1.93 bits per heavy atom. The number of nitrogens with one attached hydrogen (secondary N) is 3. The lowest BCUT2D eigenvalue weighted by Crippen LogP contribution is -2.27. The summed E-state index contributed by atoms with van der Waals surface area (Å²) in [7, 11) is 0. The van der Waals surface area contributed by atoms with E-state index in [1.165, 1.54) is 6.07 Å². The van der Waals surface area contributed by atoms with Gasteiger partial charge in [0, 0.05) is 0 Å². The molecule has 9 N–H and O–H groups in total. The van der Waals surface area contributed by atoms with E-state index in [4.69, 9.17) is 17.5 Å². The number of nitrogens with two attached hydrogens (primary N) is 3. The molecule has 8 heteroatoms. The number of anilines is 2. The van der Waals surface area contributed by atoms with Gasteiger partial charge in [-0.1, -0.05) is 5.59 Å². The first-order valence-corrected chi connectivity index (χ1v) is 3.97. The highest BCUT2D eigenvalue weighted by Crippen LogP contribution is 2.20. The van der Waals surface area contributed by atoms with Crippen LogP contribution in [0.4, 0.5) is 11.4 Å². The first-order valence-electron chi connectivity index (χ1n) is 3.97. The molecule has 0 aliphatic heterocycles. The SMILES string of the molecule is NNOC(=O)c1ccc(NN)cc1NN. The molecule has 0 saturated carbocycles. The van der Waals surface area contributed by atoms with E-state index < -0.39 is 5.97 Å². The number of rotatable bonds is 4. The van der Waals surface area contributed by atoms with Crippen LogP contribution in [-0.2, 0) is 4.84 Å². The summed E-state index contributed by atoms with van der Waals surface area (Å²) in [6.45, 7) is 0. The van der Waals surface area contributed by atoms with Gasteiger partial charge in [-0.05, 0) is 18.2 Å². The maximum Gasteiger partial charge on any atom is 0.360 e. The van der Waals surface area contributed by atoms with Gasteiger partial charge in [-0.15, -0.1) is 0 Å². The van der Waals surface area contributed by atoms with Crippen molar-refractivity contribution in [1.82, 2.24) is 5.59 Å². The van der Waals surface area contributed by atoms with Crippen molar-refractivity contribution in [2.75, 3.05) is 10.9 Å². The van der Waals surface area contributed by atoms with Crippen molar-refractivity contribution in [3.63, 3.8) is 0 Å². The molecule has 0 aliphatic carbocycles. The van der Waals surface area contributed by atoms with Gasteiger partial charge in [-0.3, -0.25) is 11.7 Å². The summed E-state index contributed by atoms with van der Waals surface area (Å²) in [5.74, 6) is 14.6. The van der Waals surface area contributed by atoms with Crippen LogP contribution < -0.4 is 34.0 Å². The van der Waals surface area contributed by atoms with Crippen LogP contribution in [0.5, 0.6) is 0 Å². The maximum atomic E-state index is 11.3. The smallest absolute Gasteiger partial charge is 0.351 e. The molecule has 15 heavy (non-hydrogen) atoms. The Morgan fingerprint density at radius 3 is 2.47 bits per heavy atom. The minimum Gasteiger partial charge on any atom is -0.351 e. The highest BCUT2D eigenvalue weighted by Gasteiger charge is 2.12. The van der Waals surface area contributed by atoms with Crippen molar-refractivity contribution in [2.24, 2.45) is 17.5 Å². The van der Waals surface area contributed by atoms with Gasteiger partial charge in [0.2, 0.25) is 0 Å². The van der Waals surface area contributed by atoms with E-state index >= 15 is 0 Å². The Labute approximate surface area is 85.6 Å². The summed E-state index contributed by atoms with van der Waals surface area (Å²) in [4.78, 5) is 15.7. The standard InChI is InChI=1S/C7H12N6O2/c8-11-4-1-2-5(6(3-4)12-9)7(14)15-13-10/h1-3,11-13H,8-10H2. The molecule has 1 aromatic carbocycles. The third-order valence-corrected chi connectivity index (χ3v) is 1.71. The molecule has 8 nitrogen and oxygen atoms in total. The molecule has 0 unspecified atom stereocenters. The summed E-state index contributed by atoms with van der Waals surface area (Å²) in [6, 6.07) is 4.63. The first kappa shape index (κ1) is 11.2. The number of carbonyl (C=O) groups excluding carboxylic acids is 1. The molecule has 0 atom stereocenters. The molecule has 0 bridgehead atoms. The summed E-state index contributed by atoms with van der Waals surface area (Å²) in [5.41, 5.74) is 7.74. The molecule has 0 saturated heterocycles. The summed E-state index contributed by atoms with van der Waals surface area (Å²) in [6.07, 6.45) is 0. The summed E-state index contributed by atoms with van der Waals surface area (Å²) < 4.78 is 0. The second-order valence-electron chi connectivity index (χ2n) is 2.56. The van der Waals surface area contributed by atoms with E-state index in [1.54, 1.807) is 17.7 Å². The maximum absolute atomic E-state index is 11.3. The largest absolute Gasteiger partial charge is 0.360 e. The van der Waals surface area contributed by atoms with E-state index in [9.17, 15) is 4.79 Å². The predicted octanol–water partition coefficient (Wildman–Crippen LogP) is -1.21. The van der Waals surface area contributed by atoms with E-state index in [-0.39, 0.29) is 5.56 Å². The first-order chi connectivity index (χ1) is 7.22. The summed E-state index contributed by atoms with van der Waals surface area (Å²) in [5, 5.41) is 0. The fraction of sp³-hybridized carbons (Fsp3) is 0. The van der Waals surface area contributed by atoms with E-state index in [1.807, 2.05) is 0 Å². The molecule has 1 rings (SSSR count). The Hall–Kier alpha value is -1.87. The van der Waals surface area contributed by atoms with Crippen molar-refractivity contribution >= 4 is 17.3 Å². The number of hydrazine groups is 3. The number of hydrogen-bond donors (Lipinski definition) is 6. The molecule has 0 spiro atoms. The van der Waals surface area contributed by atoms with Crippen molar-refractivity contribution in [3.05, 3.63) is 23.8 Å². The zero-order valence-electron chi connectivity index (χ0n) is 7.78. The van der Waals surface area contributed by atoms with E-state index in [2.05, 4.69) is 15.7 Å². The average Bonchev–Trinajstić information content (AvgIpc) is 2.28. The van der Waals surface area contributed by atoms with Gasteiger partial charge in [-0.2, -0.15) is 0 Å². The van der Waals surface area contributed by atoms with Gasteiger partial charge < -0.3 is 15.7 Å². The molecular formula is C7H12N6O2. The van der Waals surface area contributed by atoms with E-state index in [0.29, 0.717) is 11.4 Å². The molecule has 82 valence electrons. The Morgan fingerprint density at radius 1 is 1.20 bits per heavy atom. The van der Waals surface area contributed by atoms with E-state index in [0.717, 1.165) is 0 Å². The number of hydrogen-bond acceptors (Lipinski definition) is 8. The van der Waals surface area contributed by atoms with Gasteiger partial charge in [0.15, 0.2) is 0 Å². The lowest BCUT2D eigenvalue weighted by atomic mass is 10.1. The number of carbonyl (C=O) groups is 1. The fourth-order valence-corrected chi connectivity index (χ4v) is 1.04. The molecule has 0 fully saturated rings. The van der Waals surface area contributed by atoms with Crippen molar-refractivity contribution in [1.29, 1.82) is 0 Å². The van der Waals surface area contributed by atoms with Crippen molar-refractivity contribution in [2.45, 2.75) is 0 Å². The van der Waals surface area contributed by atoms with Crippen LogP contribution in [0.25, 0.3) is 0 Å². The molecular weight excluding hydrogens is 200 g/mol. The molecule has 1 aromatic rings. The number of nitrogen functional groups attached to an aromatic ring is 2. The second-order valence-corrected chi connectivity index (χ2v) is 2.56. The normalized spacial score (nSPS) is 9.53.